The molecule has 3 heteroatoms. The van der Waals surface area contributed by atoms with Crippen molar-refractivity contribution in [1.29, 1.82) is 0 Å². The molecule has 1 rings (SSSR count). The number of unbranched alkanes of at least 4 members (excludes halogenated alkanes) is 1. The van der Waals surface area contributed by atoms with E-state index >= 15 is 0 Å². The Morgan fingerprint density at radius 3 is 2.86 bits per heavy atom. The van der Waals surface area contributed by atoms with Gasteiger partial charge in [0, 0.05) is 24.3 Å². The van der Waals surface area contributed by atoms with Gasteiger partial charge in [-0.2, -0.15) is 0 Å². The first-order chi connectivity index (χ1) is 6.70. The van der Waals surface area contributed by atoms with Crippen molar-refractivity contribution < 1.29 is 4.79 Å². The van der Waals surface area contributed by atoms with Crippen LogP contribution in [0.25, 0.3) is 0 Å². The van der Waals surface area contributed by atoms with Crippen molar-refractivity contribution >= 4 is 21.8 Å². The summed E-state index contributed by atoms with van der Waals surface area (Å²) in [7, 11) is 0. The molecule has 0 saturated carbocycles. The van der Waals surface area contributed by atoms with E-state index in [1.54, 1.807) is 0 Å². The number of halogens is 1. The van der Waals surface area contributed by atoms with Gasteiger partial charge < -0.3 is 4.90 Å². The van der Waals surface area contributed by atoms with Gasteiger partial charge in [-0.25, -0.2) is 0 Å². The minimum Gasteiger partial charge on any atom is -0.339 e. The molecule has 0 spiro atoms. The molecule has 1 saturated heterocycles. The Morgan fingerprint density at radius 1 is 1.57 bits per heavy atom. The van der Waals surface area contributed by atoms with Crippen LogP contribution in [0, 0.1) is 5.92 Å². The number of rotatable bonds is 4. The molecule has 14 heavy (non-hydrogen) atoms. The molecule has 0 aromatic rings. The number of amides is 1. The van der Waals surface area contributed by atoms with Gasteiger partial charge in [0.15, 0.2) is 0 Å². The molecule has 0 bridgehead atoms. The zero-order valence-electron chi connectivity index (χ0n) is 9.13. The van der Waals surface area contributed by atoms with Gasteiger partial charge in [0.2, 0.25) is 5.91 Å². The highest BCUT2D eigenvalue weighted by Crippen LogP contribution is 2.26. The molecule has 1 amide bonds. The van der Waals surface area contributed by atoms with Crippen molar-refractivity contribution in [2.24, 2.45) is 5.92 Å². The molecule has 0 aliphatic carbocycles. The molecule has 2 nitrogen and oxygen atoms in total. The van der Waals surface area contributed by atoms with Crippen LogP contribution in [0.4, 0.5) is 0 Å². The Balaban J connectivity index is 2.46. The van der Waals surface area contributed by atoms with Gasteiger partial charge in [-0.3, -0.25) is 4.79 Å². The molecule has 0 aromatic carbocycles. The fraction of sp³-hybridized carbons (Fsp3) is 0.909. The number of likely N-dealkylation sites (tertiary alicyclic amines) is 1. The van der Waals surface area contributed by atoms with Crippen LogP contribution < -0.4 is 0 Å². The van der Waals surface area contributed by atoms with Crippen molar-refractivity contribution in [3.05, 3.63) is 0 Å². The van der Waals surface area contributed by atoms with Crippen molar-refractivity contribution in [2.45, 2.75) is 45.6 Å². The van der Waals surface area contributed by atoms with E-state index in [9.17, 15) is 4.79 Å². The second-order valence-corrected chi connectivity index (χ2v) is 4.83. The number of carbonyl (C=O) groups is 1. The minimum atomic E-state index is 0.348. The van der Waals surface area contributed by atoms with E-state index in [-0.39, 0.29) is 0 Å². The second-order valence-electron chi connectivity index (χ2n) is 4.18. The van der Waals surface area contributed by atoms with Crippen molar-refractivity contribution in [2.75, 3.05) is 11.9 Å². The van der Waals surface area contributed by atoms with Crippen molar-refractivity contribution in [1.82, 2.24) is 4.90 Å². The van der Waals surface area contributed by atoms with Gasteiger partial charge in [0.05, 0.1) is 0 Å². The van der Waals surface area contributed by atoms with Crippen LogP contribution in [0.5, 0.6) is 0 Å². The maximum atomic E-state index is 11.8. The fourth-order valence-corrected chi connectivity index (χ4v) is 3.01. The molecule has 1 fully saturated rings. The monoisotopic (exact) mass is 261 g/mol. The third kappa shape index (κ3) is 2.72. The number of alkyl halides is 1. The van der Waals surface area contributed by atoms with Crippen LogP contribution in [-0.2, 0) is 4.79 Å². The highest BCUT2D eigenvalue weighted by atomic mass is 79.9. The summed E-state index contributed by atoms with van der Waals surface area (Å²) >= 11 is 3.50. The lowest BCUT2D eigenvalue weighted by molar-refractivity contribution is -0.132. The van der Waals surface area contributed by atoms with E-state index in [0.717, 1.165) is 37.6 Å². The van der Waals surface area contributed by atoms with E-state index in [1.165, 1.54) is 0 Å². The highest BCUT2D eigenvalue weighted by molar-refractivity contribution is 9.09. The van der Waals surface area contributed by atoms with Gasteiger partial charge >= 0.3 is 0 Å². The summed E-state index contributed by atoms with van der Waals surface area (Å²) in [5, 5.41) is 0.923. The summed E-state index contributed by atoms with van der Waals surface area (Å²) in [6, 6.07) is 0.430. The lowest BCUT2D eigenvalue weighted by Gasteiger charge is -2.25. The van der Waals surface area contributed by atoms with E-state index in [4.69, 9.17) is 0 Å². The van der Waals surface area contributed by atoms with Crippen LogP contribution in [0.15, 0.2) is 0 Å². The molecule has 0 radical (unpaired) electrons. The Labute approximate surface area is 95.2 Å². The average molecular weight is 262 g/mol. The normalized spacial score (nSPS) is 26.9. The Morgan fingerprint density at radius 2 is 2.29 bits per heavy atom. The second kappa shape index (κ2) is 5.74. The standard InChI is InChI=1S/C11H20BrNO/c1-3-4-5-11(14)13-7-6-9(2)10(13)8-12/h9-10H,3-8H2,1-2H3. The molecule has 1 aliphatic rings. The summed E-state index contributed by atoms with van der Waals surface area (Å²) in [4.78, 5) is 13.9. The van der Waals surface area contributed by atoms with Crippen molar-refractivity contribution in [3.63, 3.8) is 0 Å². The Bertz CT molecular complexity index is 196. The van der Waals surface area contributed by atoms with Gasteiger partial charge in [-0.05, 0) is 18.8 Å². The van der Waals surface area contributed by atoms with Crippen LogP contribution >= 0.6 is 15.9 Å². The third-order valence-corrected chi connectivity index (χ3v) is 3.77. The molecule has 2 unspecified atom stereocenters. The number of hydrogen-bond donors (Lipinski definition) is 0. The largest absolute Gasteiger partial charge is 0.339 e. The fourth-order valence-electron chi connectivity index (χ4n) is 2.02. The molecule has 0 aromatic heterocycles. The summed E-state index contributed by atoms with van der Waals surface area (Å²) < 4.78 is 0. The van der Waals surface area contributed by atoms with Crippen LogP contribution in [0.3, 0.4) is 0 Å². The van der Waals surface area contributed by atoms with E-state index in [2.05, 4.69) is 34.7 Å². The lowest BCUT2D eigenvalue weighted by atomic mass is 10.1. The maximum Gasteiger partial charge on any atom is 0.222 e. The average Bonchev–Trinajstić information content (AvgIpc) is 2.55. The molecule has 2 atom stereocenters. The molecular formula is C11H20BrNO. The van der Waals surface area contributed by atoms with Gasteiger partial charge in [-0.15, -0.1) is 0 Å². The summed E-state index contributed by atoms with van der Waals surface area (Å²) in [5.74, 6) is 1.00. The molecule has 1 heterocycles. The van der Waals surface area contributed by atoms with Crippen LogP contribution in [-0.4, -0.2) is 28.7 Å². The third-order valence-electron chi connectivity index (χ3n) is 3.11. The summed E-state index contributed by atoms with van der Waals surface area (Å²) in [6.45, 7) is 5.32. The topological polar surface area (TPSA) is 20.3 Å². The van der Waals surface area contributed by atoms with Crippen LogP contribution in [0.2, 0.25) is 0 Å². The van der Waals surface area contributed by atoms with E-state index < -0.39 is 0 Å². The molecular weight excluding hydrogens is 242 g/mol. The number of carbonyl (C=O) groups excluding carboxylic acids is 1. The van der Waals surface area contributed by atoms with E-state index in [0.29, 0.717) is 17.9 Å². The zero-order chi connectivity index (χ0) is 10.6. The molecule has 1 aliphatic heterocycles. The summed E-state index contributed by atoms with van der Waals surface area (Å²) in [6.07, 6.45) is 4.02. The minimum absolute atomic E-state index is 0.348. The van der Waals surface area contributed by atoms with Crippen LogP contribution in [0.1, 0.15) is 39.5 Å². The number of hydrogen-bond acceptors (Lipinski definition) is 1. The first kappa shape index (κ1) is 12.0. The quantitative estimate of drug-likeness (QED) is 0.713. The Hall–Kier alpha value is -0.0500. The van der Waals surface area contributed by atoms with E-state index in [1.807, 2.05) is 0 Å². The first-order valence-electron chi connectivity index (χ1n) is 5.56. The van der Waals surface area contributed by atoms with Gasteiger partial charge in [0.1, 0.15) is 0 Å². The molecule has 82 valence electrons. The zero-order valence-corrected chi connectivity index (χ0v) is 10.7. The smallest absolute Gasteiger partial charge is 0.222 e. The number of nitrogens with zero attached hydrogens (tertiary/aromatic N) is 1. The predicted molar refractivity (Wildman–Crippen MR) is 62.6 cm³/mol. The maximum absolute atomic E-state index is 11.8. The highest BCUT2D eigenvalue weighted by Gasteiger charge is 2.32. The summed E-state index contributed by atoms with van der Waals surface area (Å²) in [5.41, 5.74) is 0. The lowest BCUT2D eigenvalue weighted by Crippen LogP contribution is -2.38. The first-order valence-corrected chi connectivity index (χ1v) is 6.68. The molecule has 0 N–H and O–H groups in total. The predicted octanol–water partition coefficient (Wildman–Crippen LogP) is 2.81. The Kier molecular flexibility index (Phi) is 4.93. The SMILES string of the molecule is CCCCC(=O)N1CCC(C)C1CBr. The van der Waals surface area contributed by atoms with Crippen molar-refractivity contribution in [3.8, 4) is 0 Å². The van der Waals surface area contributed by atoms with Gasteiger partial charge in [0.25, 0.3) is 0 Å². The van der Waals surface area contributed by atoms with Gasteiger partial charge in [-0.1, -0.05) is 36.2 Å².